The van der Waals surface area contributed by atoms with E-state index in [1.54, 1.807) is 6.07 Å². The van der Waals surface area contributed by atoms with Crippen LogP contribution >= 0.6 is 0 Å². The second-order valence-corrected chi connectivity index (χ2v) is 11.1. The van der Waals surface area contributed by atoms with Crippen LogP contribution in [0.3, 0.4) is 0 Å². The quantitative estimate of drug-likeness (QED) is 0.328. The van der Waals surface area contributed by atoms with Crippen LogP contribution in [0.25, 0.3) is 0 Å². The number of halogens is 2. The summed E-state index contributed by atoms with van der Waals surface area (Å²) in [4.78, 5) is 0. The molecule has 0 saturated heterocycles. The third kappa shape index (κ3) is 9.77. The van der Waals surface area contributed by atoms with Crippen molar-refractivity contribution < 1.29 is 8.78 Å². The number of benzene rings is 3. The van der Waals surface area contributed by atoms with Gasteiger partial charge in [0.15, 0.2) is 0 Å². The molecule has 0 bridgehead atoms. The van der Waals surface area contributed by atoms with Gasteiger partial charge in [-0.1, -0.05) is 123 Å². The first-order chi connectivity index (χ1) is 14.6. The molecule has 0 aliphatic carbocycles. The van der Waals surface area contributed by atoms with E-state index in [1.165, 1.54) is 29.3 Å². The molecule has 0 amide bonds. The standard InChI is InChI=1S/2C10H13F.C10H14/c1-10(2,3)8-4-6-9(11)7-5-8;1-10(2,3)8-6-4-5-7-9(8)11;1-10(2,3)9-7-5-4-6-8-9/h2*4-7H,1-3H3;4-8H,1-3H3. The maximum Gasteiger partial charge on any atom is 0.126 e. The van der Waals surface area contributed by atoms with Crippen molar-refractivity contribution in [3.8, 4) is 0 Å². The molecule has 0 aromatic heterocycles. The Morgan fingerprint density at radius 1 is 0.438 bits per heavy atom. The van der Waals surface area contributed by atoms with E-state index < -0.39 is 0 Å². The fraction of sp³-hybridized carbons (Fsp3) is 0.400. The van der Waals surface area contributed by atoms with Gasteiger partial charge >= 0.3 is 0 Å². The highest BCUT2D eigenvalue weighted by Crippen LogP contribution is 2.24. The molecule has 3 aromatic carbocycles. The van der Waals surface area contributed by atoms with Crippen molar-refractivity contribution in [2.24, 2.45) is 0 Å². The molecule has 2 heteroatoms. The van der Waals surface area contributed by atoms with Crippen molar-refractivity contribution in [3.05, 3.63) is 107 Å². The smallest absolute Gasteiger partial charge is 0.126 e. The average Bonchev–Trinajstić information content (AvgIpc) is 2.68. The molecule has 0 spiro atoms. The summed E-state index contributed by atoms with van der Waals surface area (Å²) in [5.41, 5.74) is 3.66. The topological polar surface area (TPSA) is 0 Å². The highest BCUT2D eigenvalue weighted by Gasteiger charge is 2.16. The van der Waals surface area contributed by atoms with E-state index in [2.05, 4.69) is 71.9 Å². The predicted molar refractivity (Wildman–Crippen MR) is 135 cm³/mol. The van der Waals surface area contributed by atoms with E-state index in [1.807, 2.05) is 45.0 Å². The van der Waals surface area contributed by atoms with E-state index >= 15 is 0 Å². The molecule has 0 unspecified atom stereocenters. The lowest BCUT2D eigenvalue weighted by Gasteiger charge is -2.19. The van der Waals surface area contributed by atoms with Crippen LogP contribution in [0.2, 0.25) is 0 Å². The summed E-state index contributed by atoms with van der Waals surface area (Å²) in [7, 11) is 0. The summed E-state index contributed by atoms with van der Waals surface area (Å²) in [6.45, 7) is 19.0. The van der Waals surface area contributed by atoms with Crippen molar-refractivity contribution in [1.82, 2.24) is 0 Å². The first-order valence-electron chi connectivity index (χ1n) is 11.2. The van der Waals surface area contributed by atoms with Crippen LogP contribution in [0.1, 0.15) is 79.0 Å². The van der Waals surface area contributed by atoms with Gasteiger partial charge in [0.1, 0.15) is 11.6 Å². The molecule has 0 aliphatic rings. The number of rotatable bonds is 0. The van der Waals surface area contributed by atoms with Crippen LogP contribution < -0.4 is 0 Å². The van der Waals surface area contributed by atoms with Crippen LogP contribution in [-0.4, -0.2) is 0 Å². The maximum absolute atomic E-state index is 13.1. The Morgan fingerprint density at radius 3 is 1.19 bits per heavy atom. The highest BCUT2D eigenvalue weighted by atomic mass is 19.1. The van der Waals surface area contributed by atoms with Gasteiger partial charge < -0.3 is 0 Å². The molecule has 0 N–H and O–H groups in total. The minimum absolute atomic E-state index is 0.0919. The maximum atomic E-state index is 13.1. The largest absolute Gasteiger partial charge is 0.207 e. The molecule has 32 heavy (non-hydrogen) atoms. The first kappa shape index (κ1) is 27.6. The second-order valence-electron chi connectivity index (χ2n) is 11.1. The Hall–Kier alpha value is -2.48. The van der Waals surface area contributed by atoms with Gasteiger partial charge in [-0.3, -0.25) is 0 Å². The predicted octanol–water partition coefficient (Wildman–Crippen LogP) is 9.23. The fourth-order valence-corrected chi connectivity index (χ4v) is 2.96. The lowest BCUT2D eigenvalue weighted by molar-refractivity contribution is 0.523. The Morgan fingerprint density at radius 2 is 0.844 bits per heavy atom. The van der Waals surface area contributed by atoms with Crippen molar-refractivity contribution in [2.75, 3.05) is 0 Å². The molecule has 0 heterocycles. The SMILES string of the molecule is CC(C)(C)c1ccc(F)cc1.CC(C)(C)c1ccccc1.CC(C)(C)c1ccccc1F. The molecule has 0 nitrogen and oxygen atoms in total. The number of hydrogen-bond donors (Lipinski definition) is 0. The van der Waals surface area contributed by atoms with E-state index in [0.29, 0.717) is 5.41 Å². The molecular weight excluding hydrogens is 398 g/mol. The fourth-order valence-electron chi connectivity index (χ4n) is 2.96. The third-order valence-corrected chi connectivity index (χ3v) is 5.03. The monoisotopic (exact) mass is 438 g/mol. The second kappa shape index (κ2) is 11.4. The molecule has 3 aromatic rings. The summed E-state index contributed by atoms with van der Waals surface area (Å²) >= 11 is 0. The van der Waals surface area contributed by atoms with Gasteiger partial charge in [0, 0.05) is 0 Å². The van der Waals surface area contributed by atoms with Crippen LogP contribution in [-0.2, 0) is 16.2 Å². The summed E-state index contributed by atoms with van der Waals surface area (Å²) in [6, 6.07) is 24.1. The first-order valence-corrected chi connectivity index (χ1v) is 11.2. The molecule has 0 aliphatic heterocycles. The molecule has 174 valence electrons. The van der Waals surface area contributed by atoms with Crippen molar-refractivity contribution in [1.29, 1.82) is 0 Å². The van der Waals surface area contributed by atoms with Gasteiger partial charge in [0.25, 0.3) is 0 Å². The zero-order chi connectivity index (χ0) is 24.6. The molecule has 3 rings (SSSR count). The van der Waals surface area contributed by atoms with Gasteiger partial charge in [-0.05, 0) is 51.1 Å². The molecule has 0 saturated carbocycles. The minimum atomic E-state index is -0.169. The zero-order valence-electron chi connectivity index (χ0n) is 21.3. The van der Waals surface area contributed by atoms with Crippen molar-refractivity contribution >= 4 is 0 Å². The van der Waals surface area contributed by atoms with E-state index in [0.717, 1.165) is 5.56 Å². The zero-order valence-corrected chi connectivity index (χ0v) is 21.3. The lowest BCUT2D eigenvalue weighted by atomic mass is 9.87. The molecule has 0 atom stereocenters. The third-order valence-electron chi connectivity index (χ3n) is 5.03. The van der Waals surface area contributed by atoms with Gasteiger partial charge in [0.2, 0.25) is 0 Å². The average molecular weight is 439 g/mol. The van der Waals surface area contributed by atoms with E-state index in [9.17, 15) is 8.78 Å². The highest BCUT2D eigenvalue weighted by molar-refractivity contribution is 5.25. The summed E-state index contributed by atoms with van der Waals surface area (Å²) in [5, 5.41) is 0. The molecule has 0 radical (unpaired) electrons. The van der Waals surface area contributed by atoms with Crippen molar-refractivity contribution in [3.63, 3.8) is 0 Å². The van der Waals surface area contributed by atoms with E-state index in [-0.39, 0.29) is 22.5 Å². The Bertz CT molecular complexity index is 920. The Labute approximate surface area is 194 Å². The van der Waals surface area contributed by atoms with Gasteiger partial charge in [-0.2, -0.15) is 0 Å². The van der Waals surface area contributed by atoms with Crippen LogP contribution in [0.15, 0.2) is 78.9 Å². The molecule has 0 fully saturated rings. The van der Waals surface area contributed by atoms with Crippen LogP contribution in [0.4, 0.5) is 8.78 Å². The van der Waals surface area contributed by atoms with Gasteiger partial charge in [0.05, 0.1) is 0 Å². The summed E-state index contributed by atoms with van der Waals surface area (Å²) in [6.07, 6.45) is 0. The minimum Gasteiger partial charge on any atom is -0.207 e. The Balaban J connectivity index is 0.000000240. The van der Waals surface area contributed by atoms with Gasteiger partial charge in [-0.25, -0.2) is 8.78 Å². The summed E-state index contributed by atoms with van der Waals surface area (Å²) < 4.78 is 25.6. The summed E-state index contributed by atoms with van der Waals surface area (Å²) in [5.74, 6) is -0.280. The van der Waals surface area contributed by atoms with Crippen LogP contribution in [0.5, 0.6) is 0 Å². The normalized spacial score (nSPS) is 11.6. The lowest BCUT2D eigenvalue weighted by Crippen LogP contribution is -2.12. The Kier molecular flexibility index (Phi) is 9.82. The molecular formula is C30H40F2. The van der Waals surface area contributed by atoms with E-state index in [4.69, 9.17) is 0 Å². The van der Waals surface area contributed by atoms with Gasteiger partial charge in [-0.15, -0.1) is 0 Å². The van der Waals surface area contributed by atoms with Crippen LogP contribution in [0, 0.1) is 11.6 Å². The van der Waals surface area contributed by atoms with Crippen molar-refractivity contribution in [2.45, 2.75) is 78.6 Å². The number of hydrogen-bond acceptors (Lipinski definition) is 0.